The molecule has 1 unspecified atom stereocenters. The van der Waals surface area contributed by atoms with Gasteiger partial charge < -0.3 is 29.0 Å². The van der Waals surface area contributed by atoms with Gasteiger partial charge in [0.25, 0.3) is 0 Å². The number of hydrogen-bond acceptors (Lipinski definition) is 7. The molecule has 1 heterocycles. The van der Waals surface area contributed by atoms with E-state index in [-0.39, 0.29) is 47.3 Å². The summed E-state index contributed by atoms with van der Waals surface area (Å²) in [6.07, 6.45) is 17.1. The molecule has 0 radical (unpaired) electrons. The summed E-state index contributed by atoms with van der Waals surface area (Å²) in [5, 5.41) is 24.4. The van der Waals surface area contributed by atoms with Crippen molar-refractivity contribution < 1.29 is 33.7 Å². The Morgan fingerprint density at radius 1 is 0.909 bits per heavy atom. The van der Waals surface area contributed by atoms with E-state index < -0.39 is 27.9 Å². The highest BCUT2D eigenvalue weighted by Gasteiger charge is 2.74. The van der Waals surface area contributed by atoms with E-state index >= 15 is 0 Å². The molecule has 55 heavy (non-hydrogen) atoms. The van der Waals surface area contributed by atoms with Gasteiger partial charge in [0.05, 0.1) is 38.6 Å². The van der Waals surface area contributed by atoms with Gasteiger partial charge in [-0.2, -0.15) is 0 Å². The molecule has 1 aromatic heterocycles. The molecule has 4 bridgehead atoms. The topological polar surface area (TPSA) is 109 Å². The highest BCUT2D eigenvalue weighted by atomic mass is 16.5. The van der Waals surface area contributed by atoms with E-state index in [2.05, 4.69) is 45.9 Å². The number of Topliss-reactive ketones (excluding diaryl/α,β-unsaturated/α-hetero) is 1. The largest absolute Gasteiger partial charge is 0.493 e. The van der Waals surface area contributed by atoms with Crippen LogP contribution in [0, 0.1) is 56.7 Å². The number of methoxy groups -OCH3 is 2. The zero-order chi connectivity index (χ0) is 38.8. The van der Waals surface area contributed by atoms with Crippen LogP contribution in [-0.4, -0.2) is 65.8 Å². The Kier molecular flexibility index (Phi) is 8.51. The molecular formula is C47H61NO7. The Labute approximate surface area is 326 Å². The number of rotatable bonds is 10. The lowest BCUT2D eigenvalue weighted by atomic mass is 9.32. The van der Waals surface area contributed by atoms with Crippen LogP contribution < -0.4 is 9.47 Å². The molecule has 6 fully saturated rings. The van der Waals surface area contributed by atoms with Crippen molar-refractivity contribution in [2.24, 2.45) is 56.7 Å². The predicted octanol–water partition coefficient (Wildman–Crippen LogP) is 8.21. The van der Waals surface area contributed by atoms with E-state index in [0.29, 0.717) is 48.5 Å². The summed E-state index contributed by atoms with van der Waals surface area (Å²) in [5.74, 6) is 3.43. The zero-order valence-corrected chi connectivity index (χ0v) is 33.7. The van der Waals surface area contributed by atoms with Crippen LogP contribution in [0.3, 0.4) is 0 Å². The maximum atomic E-state index is 14.7. The number of aliphatic hydroxyl groups is 2. The average molecular weight is 752 g/mol. The van der Waals surface area contributed by atoms with Crippen LogP contribution in [-0.2, 0) is 11.2 Å². The highest BCUT2D eigenvalue weighted by molar-refractivity contribution is 6.08. The lowest BCUT2D eigenvalue weighted by Gasteiger charge is -2.71. The minimum atomic E-state index is -1.14. The fourth-order valence-corrected chi connectivity index (χ4v) is 14.4. The van der Waals surface area contributed by atoms with Crippen molar-refractivity contribution in [3.05, 3.63) is 71.7 Å². The maximum absolute atomic E-state index is 14.7. The Balaban J connectivity index is 1.08. The monoisotopic (exact) mass is 751 g/mol. The summed E-state index contributed by atoms with van der Waals surface area (Å²) in [6.45, 7) is 10.4. The molecule has 11 atom stereocenters. The summed E-state index contributed by atoms with van der Waals surface area (Å²) in [7, 11) is 3.23. The molecule has 8 heteroatoms. The normalized spacial score (nSPS) is 41.6. The van der Waals surface area contributed by atoms with E-state index in [4.69, 9.17) is 13.9 Å². The first-order chi connectivity index (χ1) is 26.1. The van der Waals surface area contributed by atoms with Crippen molar-refractivity contribution in [3.8, 4) is 11.5 Å². The van der Waals surface area contributed by atoms with Crippen LogP contribution in [0.2, 0.25) is 0 Å². The molecular weight excluding hydrogens is 691 g/mol. The van der Waals surface area contributed by atoms with E-state index in [1.807, 2.05) is 23.1 Å². The third kappa shape index (κ3) is 5.08. The number of ether oxygens (including phenoxy) is 2. The van der Waals surface area contributed by atoms with Crippen molar-refractivity contribution in [1.82, 2.24) is 4.90 Å². The summed E-state index contributed by atoms with van der Waals surface area (Å²) in [6, 6.07) is 9.23. The minimum Gasteiger partial charge on any atom is -0.493 e. The van der Waals surface area contributed by atoms with Gasteiger partial charge in [-0.1, -0.05) is 52.0 Å². The third-order valence-electron chi connectivity index (χ3n) is 17.8. The Bertz CT molecular complexity index is 1930. The van der Waals surface area contributed by atoms with Gasteiger partial charge in [-0.25, -0.2) is 0 Å². The van der Waals surface area contributed by atoms with Crippen molar-refractivity contribution >= 4 is 11.7 Å². The van der Waals surface area contributed by atoms with Crippen molar-refractivity contribution in [3.63, 3.8) is 0 Å². The van der Waals surface area contributed by atoms with E-state index in [9.17, 15) is 19.8 Å². The fourth-order valence-electron chi connectivity index (χ4n) is 14.4. The molecule has 1 aromatic carbocycles. The Morgan fingerprint density at radius 2 is 1.65 bits per heavy atom. The van der Waals surface area contributed by atoms with Gasteiger partial charge in [-0.3, -0.25) is 9.59 Å². The number of furan rings is 1. The lowest BCUT2D eigenvalue weighted by molar-refractivity contribution is -0.180. The first-order valence-electron chi connectivity index (χ1n) is 21.1. The van der Waals surface area contributed by atoms with Crippen LogP contribution in [0.15, 0.2) is 64.8 Å². The number of hydrogen-bond donors (Lipinski definition) is 2. The lowest BCUT2D eigenvalue weighted by Crippen LogP contribution is -2.67. The molecule has 2 N–H and O–H groups in total. The highest BCUT2D eigenvalue weighted by Crippen LogP contribution is 2.78. The quantitative estimate of drug-likeness (QED) is 0.186. The second kappa shape index (κ2) is 12.6. The van der Waals surface area contributed by atoms with E-state index in [1.54, 1.807) is 32.6 Å². The zero-order valence-electron chi connectivity index (χ0n) is 33.7. The Hall–Kier alpha value is -3.36. The third-order valence-corrected chi connectivity index (χ3v) is 17.8. The van der Waals surface area contributed by atoms with Crippen LogP contribution >= 0.6 is 0 Å². The van der Waals surface area contributed by atoms with Gasteiger partial charge in [-0.15, -0.1) is 0 Å². The molecule has 11 rings (SSSR count). The van der Waals surface area contributed by atoms with Gasteiger partial charge in [0.15, 0.2) is 17.3 Å². The van der Waals surface area contributed by atoms with Gasteiger partial charge in [0, 0.05) is 34.9 Å². The van der Waals surface area contributed by atoms with Crippen LogP contribution in [0.4, 0.5) is 0 Å². The molecule has 9 aliphatic rings. The van der Waals surface area contributed by atoms with Crippen LogP contribution in [0.25, 0.3) is 0 Å². The summed E-state index contributed by atoms with van der Waals surface area (Å²) < 4.78 is 16.9. The number of amides is 1. The maximum Gasteiger partial charge on any atom is 0.227 e. The number of allylic oxidation sites excluding steroid dienone is 4. The molecule has 296 valence electrons. The van der Waals surface area contributed by atoms with Gasteiger partial charge >= 0.3 is 0 Å². The average Bonchev–Trinajstić information content (AvgIpc) is 3.80. The predicted molar refractivity (Wildman–Crippen MR) is 210 cm³/mol. The number of fused-ring (bicyclic) bond motifs is 3. The standard InChI is InChI=1S/C47H61NO7/c1-42(2)31-11-10-30(33(42)24-31)27-48(40(50)23-29-9-12-35(53-5)37(22-29)54-6)28-46(52)18-15-39-44(46,4)17-14-38-43(3)16-13-32(49)25-45(43)19-20-47(38,39)34(26-45)41(51)36-8-7-21-55-36/h7-9,12,19-22,26,30-33,38-39,49,52H,10-11,13-18,23-25,27-28H2,1-6H3/t30-,31-,32?,33-,38+,39+,43+,44-,45-,46+,47+/m0/s1. The molecule has 1 amide bonds. The van der Waals surface area contributed by atoms with Gasteiger partial charge in [-0.05, 0) is 134 Å². The van der Waals surface area contributed by atoms with Crippen molar-refractivity contribution in [2.45, 2.75) is 110 Å². The number of benzene rings is 1. The second-order valence-corrected chi connectivity index (χ2v) is 20.0. The molecule has 8 nitrogen and oxygen atoms in total. The molecule has 6 saturated carbocycles. The van der Waals surface area contributed by atoms with Crippen LogP contribution in [0.1, 0.15) is 108 Å². The smallest absolute Gasteiger partial charge is 0.227 e. The van der Waals surface area contributed by atoms with Gasteiger partial charge in [0.2, 0.25) is 11.7 Å². The van der Waals surface area contributed by atoms with E-state index in [0.717, 1.165) is 55.6 Å². The van der Waals surface area contributed by atoms with E-state index in [1.165, 1.54) is 12.8 Å². The van der Waals surface area contributed by atoms with Crippen molar-refractivity contribution in [1.29, 1.82) is 0 Å². The second-order valence-electron chi connectivity index (χ2n) is 20.0. The number of carbonyl (C=O) groups is 2. The molecule has 0 aliphatic heterocycles. The molecule has 2 aromatic rings. The summed E-state index contributed by atoms with van der Waals surface area (Å²) in [4.78, 5) is 31.4. The minimum absolute atomic E-state index is 0.00376. The first-order valence-corrected chi connectivity index (χ1v) is 21.1. The SMILES string of the molecule is COc1ccc(CC(=O)N(C[C@@H]2CC[C@H]3C[C@@H]2C3(C)C)C[C@]2(O)CC[C@H]3[C@]45C=C[C@@]6(C=C4C(=O)c4ccco4)CC(O)CC[C@]6(C)[C@H]5CC[C@@]32C)cc1OC. The molecule has 0 saturated heterocycles. The number of ketones is 1. The summed E-state index contributed by atoms with van der Waals surface area (Å²) >= 11 is 0. The molecule has 2 spiro atoms. The van der Waals surface area contributed by atoms with Crippen LogP contribution in [0.5, 0.6) is 11.5 Å². The molecule has 9 aliphatic carbocycles. The van der Waals surface area contributed by atoms with Gasteiger partial charge in [0.1, 0.15) is 0 Å². The fraction of sp³-hybridized carbons (Fsp3) is 0.660. The number of nitrogens with zero attached hydrogens (tertiary/aromatic N) is 1. The number of aliphatic hydroxyl groups excluding tert-OH is 1. The first kappa shape index (κ1) is 37.2. The summed E-state index contributed by atoms with van der Waals surface area (Å²) in [5.41, 5.74) is -0.872. The Morgan fingerprint density at radius 3 is 2.36 bits per heavy atom. The number of carbonyl (C=O) groups excluding carboxylic acids is 2. The van der Waals surface area contributed by atoms with Crippen molar-refractivity contribution in [2.75, 3.05) is 27.3 Å².